The van der Waals surface area contributed by atoms with Gasteiger partial charge in [-0.25, -0.2) is 19.8 Å². The molecule has 4 heterocycles. The number of rotatable bonds is 8. The molecule has 4 aromatic rings. The summed E-state index contributed by atoms with van der Waals surface area (Å²) in [5, 5.41) is 11.1. The van der Waals surface area contributed by atoms with Gasteiger partial charge < -0.3 is 24.4 Å². The van der Waals surface area contributed by atoms with E-state index < -0.39 is 5.79 Å². The van der Waals surface area contributed by atoms with E-state index in [2.05, 4.69) is 25.9 Å². The molecule has 1 aromatic carbocycles. The summed E-state index contributed by atoms with van der Waals surface area (Å²) >= 11 is 7.23. The van der Waals surface area contributed by atoms with Crippen molar-refractivity contribution in [3.05, 3.63) is 76.6 Å². The summed E-state index contributed by atoms with van der Waals surface area (Å²) in [5.41, 5.74) is 8.81. The molecule has 12 heteroatoms. The maximum atomic E-state index is 10.1. The molecule has 0 bridgehead atoms. The summed E-state index contributed by atoms with van der Waals surface area (Å²) in [4.78, 5) is 16.8. The molecule has 5 rings (SSSR count). The third-order valence-electron chi connectivity index (χ3n) is 5.90. The number of benzene rings is 1. The van der Waals surface area contributed by atoms with E-state index in [1.54, 1.807) is 36.7 Å². The maximum Gasteiger partial charge on any atom is 0.237 e. The Balaban J connectivity index is 1.35. The normalized spacial score (nSPS) is 15.9. The lowest BCUT2D eigenvalue weighted by atomic mass is 10.0. The fourth-order valence-electron chi connectivity index (χ4n) is 4.05. The molecule has 1 aliphatic heterocycles. The van der Waals surface area contributed by atoms with Crippen LogP contribution in [0.3, 0.4) is 0 Å². The summed E-state index contributed by atoms with van der Waals surface area (Å²) in [5.74, 6) is 0.574. The molecule has 0 amide bonds. The summed E-state index contributed by atoms with van der Waals surface area (Å²) in [6.07, 6.45) is 2.88. The molecule has 1 aliphatic rings. The van der Waals surface area contributed by atoms with Gasteiger partial charge in [0.25, 0.3) is 0 Å². The minimum Gasteiger partial charge on any atom is -0.475 e. The van der Waals surface area contributed by atoms with Gasteiger partial charge in [0.05, 0.1) is 24.4 Å². The van der Waals surface area contributed by atoms with Crippen molar-refractivity contribution in [2.75, 3.05) is 18.9 Å². The molecule has 40 heavy (non-hydrogen) atoms. The molecule has 1 saturated heterocycles. The van der Waals surface area contributed by atoms with Gasteiger partial charge in [-0.3, -0.25) is 0 Å². The first-order valence-electron chi connectivity index (χ1n) is 12.1. The number of hydrogen-bond donors (Lipinski definition) is 1. The predicted octanol–water partition coefficient (Wildman–Crippen LogP) is 6.28. The number of hydrogen-bond acceptors (Lipinski definition) is 10. The average Bonchev–Trinajstić information content (AvgIpc) is 3.56. The molecule has 0 spiro atoms. The van der Waals surface area contributed by atoms with Crippen LogP contribution in [0.2, 0.25) is 5.02 Å². The number of nitriles is 1. The molecule has 1 fully saturated rings. The van der Waals surface area contributed by atoms with Crippen LogP contribution in [0.25, 0.3) is 27.4 Å². The Morgan fingerprint density at radius 3 is 2.65 bits per heavy atom. The van der Waals surface area contributed by atoms with Crippen molar-refractivity contribution in [1.82, 2.24) is 15.0 Å². The van der Waals surface area contributed by atoms with Crippen LogP contribution in [0.4, 0.5) is 11.5 Å². The molecule has 1 atom stereocenters. The Kier molecular flexibility index (Phi) is 7.92. The van der Waals surface area contributed by atoms with Gasteiger partial charge in [-0.2, -0.15) is 5.26 Å². The van der Waals surface area contributed by atoms with Crippen molar-refractivity contribution in [2.24, 2.45) is 0 Å². The lowest BCUT2D eigenvalue weighted by molar-refractivity contribution is -0.141. The van der Waals surface area contributed by atoms with Gasteiger partial charge in [-0.1, -0.05) is 23.4 Å². The van der Waals surface area contributed by atoms with Crippen LogP contribution in [0.15, 0.2) is 58.3 Å². The number of pyridine rings is 2. The number of nitrogens with two attached hydrogens (primary N) is 1. The van der Waals surface area contributed by atoms with Crippen LogP contribution in [-0.2, 0) is 15.2 Å². The molecular weight excluding hydrogens is 552 g/mol. The topological polar surface area (TPSA) is 134 Å². The van der Waals surface area contributed by atoms with Crippen LogP contribution < -0.4 is 10.5 Å². The Hall–Kier alpha value is -4.13. The van der Waals surface area contributed by atoms with E-state index in [1.807, 2.05) is 26.0 Å². The highest BCUT2D eigenvalue weighted by molar-refractivity contribution is 7.98. The van der Waals surface area contributed by atoms with Crippen LogP contribution >= 0.6 is 23.4 Å². The fraction of sp³-hybridized carbons (Fsp3) is 0.250. The van der Waals surface area contributed by atoms with E-state index in [4.69, 9.17) is 42.5 Å². The van der Waals surface area contributed by atoms with E-state index in [0.717, 1.165) is 5.56 Å². The molecule has 0 unspecified atom stereocenters. The zero-order chi connectivity index (χ0) is 28.3. The Morgan fingerprint density at radius 1 is 1.23 bits per heavy atom. The highest BCUT2D eigenvalue weighted by Gasteiger charge is 2.33. The van der Waals surface area contributed by atoms with E-state index in [0.29, 0.717) is 51.0 Å². The quantitative estimate of drug-likeness (QED) is 0.189. The van der Waals surface area contributed by atoms with E-state index in [-0.39, 0.29) is 29.8 Å². The third kappa shape index (κ3) is 6.03. The van der Waals surface area contributed by atoms with Gasteiger partial charge in [0, 0.05) is 34.2 Å². The monoisotopic (exact) mass is 574 g/mol. The lowest BCUT2D eigenvalue weighted by Crippen LogP contribution is -2.25. The Labute approximate surface area is 239 Å². The fourth-order valence-corrected chi connectivity index (χ4v) is 5.05. The van der Waals surface area contributed by atoms with Crippen molar-refractivity contribution in [1.29, 1.82) is 5.26 Å². The highest BCUT2D eigenvalue weighted by atomic mass is 35.5. The van der Waals surface area contributed by atoms with Crippen LogP contribution in [0, 0.1) is 17.9 Å². The molecule has 10 nitrogen and oxygen atoms in total. The van der Waals surface area contributed by atoms with Gasteiger partial charge >= 0.3 is 0 Å². The van der Waals surface area contributed by atoms with E-state index in [1.165, 1.54) is 11.8 Å². The molecule has 0 saturated carbocycles. The van der Waals surface area contributed by atoms with Gasteiger partial charge in [0.2, 0.25) is 17.5 Å². The second kappa shape index (κ2) is 11.5. The molecule has 0 radical (unpaired) electrons. The molecule has 0 aliphatic carbocycles. The number of halogens is 1. The second-order valence-corrected chi connectivity index (χ2v) is 10.6. The van der Waals surface area contributed by atoms with Crippen molar-refractivity contribution in [3.63, 3.8) is 0 Å². The summed E-state index contributed by atoms with van der Waals surface area (Å²) in [6, 6.07) is 12.7. The minimum absolute atomic E-state index is 0.0230. The lowest BCUT2D eigenvalue weighted by Gasteiger charge is -2.17. The smallest absolute Gasteiger partial charge is 0.237 e. The van der Waals surface area contributed by atoms with Crippen LogP contribution in [0.1, 0.15) is 25.1 Å². The summed E-state index contributed by atoms with van der Waals surface area (Å²) in [7, 11) is 0. The second-order valence-electron chi connectivity index (χ2n) is 9.21. The number of aromatic nitrogens is 3. The first kappa shape index (κ1) is 27.4. The number of nitrogen functional groups attached to an aromatic ring is 1. The number of thioether (sulfide) groups is 1. The zero-order valence-corrected chi connectivity index (χ0v) is 23.1. The van der Waals surface area contributed by atoms with Gasteiger partial charge in [0.15, 0.2) is 5.79 Å². The van der Waals surface area contributed by atoms with E-state index >= 15 is 0 Å². The standard InChI is InChI=1S/C28H23ClN6O4S/c1-28(2)38-14-20(39-28)13-36-22-9-6-17(11-33-22)23-21(10-30)27(35-25(31)24(23)32-3)40-15-19-12-37-26(34-19)16-4-7-18(29)8-5-16/h4-9,11-12,20H,13-15H2,1-2H3,(H2,31,35)/t20-/m0/s1. The summed E-state index contributed by atoms with van der Waals surface area (Å²) < 4.78 is 22.7. The van der Waals surface area contributed by atoms with Crippen molar-refractivity contribution in [2.45, 2.75) is 36.5 Å². The van der Waals surface area contributed by atoms with Crippen LogP contribution in [0.5, 0.6) is 5.88 Å². The molecular formula is C28H23ClN6O4S. The van der Waals surface area contributed by atoms with Crippen LogP contribution in [-0.4, -0.2) is 40.1 Å². The largest absolute Gasteiger partial charge is 0.475 e. The highest BCUT2D eigenvalue weighted by Crippen LogP contribution is 2.41. The average molecular weight is 575 g/mol. The number of anilines is 1. The van der Waals surface area contributed by atoms with Gasteiger partial charge in [0.1, 0.15) is 35.9 Å². The van der Waals surface area contributed by atoms with E-state index in [9.17, 15) is 5.26 Å². The Bertz CT molecular complexity index is 1610. The van der Waals surface area contributed by atoms with Crippen molar-refractivity contribution < 1.29 is 18.6 Å². The molecule has 2 N–H and O–H groups in total. The van der Waals surface area contributed by atoms with Crippen molar-refractivity contribution >= 4 is 34.9 Å². The van der Waals surface area contributed by atoms with Gasteiger partial charge in [-0.15, -0.1) is 0 Å². The third-order valence-corrected chi connectivity index (χ3v) is 7.16. The zero-order valence-electron chi connectivity index (χ0n) is 21.6. The first-order chi connectivity index (χ1) is 19.3. The minimum atomic E-state index is -0.640. The van der Waals surface area contributed by atoms with Crippen molar-refractivity contribution in [3.8, 4) is 34.5 Å². The maximum absolute atomic E-state index is 10.1. The number of nitrogens with zero attached hydrogens (tertiary/aromatic N) is 5. The predicted molar refractivity (Wildman–Crippen MR) is 150 cm³/mol. The SMILES string of the molecule is [C-]#[N+]c1c(N)nc(SCc2coc(-c3ccc(Cl)cc3)n2)c(C#N)c1-c1ccc(OC[C@H]2COC(C)(C)O2)nc1. The molecule has 202 valence electrons. The first-order valence-corrected chi connectivity index (χ1v) is 13.5. The summed E-state index contributed by atoms with van der Waals surface area (Å²) in [6.45, 7) is 12.1. The van der Waals surface area contributed by atoms with Gasteiger partial charge in [-0.05, 0) is 49.7 Å². The molecule has 3 aromatic heterocycles. The Morgan fingerprint density at radius 2 is 2.00 bits per heavy atom. The number of ether oxygens (including phenoxy) is 3. The number of oxazole rings is 1.